The zero-order valence-corrected chi connectivity index (χ0v) is 19.0. The minimum atomic E-state index is -0.0736. The van der Waals surface area contributed by atoms with Gasteiger partial charge in [-0.15, -0.1) is 0 Å². The number of benzene rings is 2. The van der Waals surface area contributed by atoms with E-state index in [1.165, 1.54) is 37.2 Å². The van der Waals surface area contributed by atoms with Crippen molar-refractivity contribution in [3.8, 4) is 5.75 Å². The van der Waals surface area contributed by atoms with Crippen LogP contribution in [0.1, 0.15) is 41.6 Å². The smallest absolute Gasteiger partial charge is 0.251 e. The normalized spacial score (nSPS) is 17.7. The molecule has 2 aromatic carbocycles. The summed E-state index contributed by atoms with van der Waals surface area (Å²) in [6.07, 6.45) is 4.84. The van der Waals surface area contributed by atoms with Gasteiger partial charge >= 0.3 is 0 Å². The molecule has 4 rings (SSSR count). The van der Waals surface area contributed by atoms with Crippen LogP contribution in [0.2, 0.25) is 5.02 Å². The van der Waals surface area contributed by atoms with Gasteiger partial charge < -0.3 is 15.0 Å². The minimum Gasteiger partial charge on any atom is -0.495 e. The van der Waals surface area contributed by atoms with Crippen molar-refractivity contribution in [2.45, 2.75) is 32.2 Å². The van der Waals surface area contributed by atoms with E-state index >= 15 is 0 Å². The van der Waals surface area contributed by atoms with Gasteiger partial charge in [-0.25, -0.2) is 0 Å². The summed E-state index contributed by atoms with van der Waals surface area (Å²) in [5.41, 5.74) is 3.32. The van der Waals surface area contributed by atoms with Crippen LogP contribution in [0.15, 0.2) is 42.5 Å². The Bertz CT molecular complexity index is 873. The SMILES string of the molecule is COc1cc(C(=O)NCC2CCN(Cc3ccc(N4CCCC4)cc3)CC2)ccc1Cl. The second-order valence-corrected chi connectivity index (χ2v) is 9.05. The van der Waals surface area contributed by atoms with Crippen LogP contribution in [0.4, 0.5) is 5.69 Å². The maximum absolute atomic E-state index is 12.5. The molecule has 0 aliphatic carbocycles. The summed E-state index contributed by atoms with van der Waals surface area (Å²) in [7, 11) is 1.55. The number of hydrogen-bond acceptors (Lipinski definition) is 4. The number of likely N-dealkylation sites (tertiary alicyclic amines) is 1. The monoisotopic (exact) mass is 441 g/mol. The molecule has 2 fully saturated rings. The van der Waals surface area contributed by atoms with Crippen LogP contribution in [0.25, 0.3) is 0 Å². The first-order valence-corrected chi connectivity index (χ1v) is 11.7. The summed E-state index contributed by atoms with van der Waals surface area (Å²) in [6.45, 7) is 6.24. The molecule has 2 aromatic rings. The molecule has 0 saturated carbocycles. The summed E-state index contributed by atoms with van der Waals surface area (Å²) in [5, 5.41) is 3.59. The number of hydrogen-bond donors (Lipinski definition) is 1. The molecule has 0 radical (unpaired) electrons. The first kappa shape index (κ1) is 22.0. The van der Waals surface area contributed by atoms with Crippen molar-refractivity contribution in [2.75, 3.05) is 44.7 Å². The van der Waals surface area contributed by atoms with Crippen LogP contribution in [-0.2, 0) is 6.54 Å². The molecule has 0 spiro atoms. The molecule has 0 bridgehead atoms. The first-order valence-electron chi connectivity index (χ1n) is 11.3. The van der Waals surface area contributed by atoms with Gasteiger partial charge in [-0.1, -0.05) is 23.7 Å². The quantitative estimate of drug-likeness (QED) is 0.682. The van der Waals surface area contributed by atoms with Gasteiger partial charge in [0.05, 0.1) is 12.1 Å². The molecule has 6 heteroatoms. The summed E-state index contributed by atoms with van der Waals surface area (Å²) >= 11 is 6.05. The molecule has 166 valence electrons. The number of nitrogens with zero attached hydrogens (tertiary/aromatic N) is 2. The van der Waals surface area contributed by atoms with Crippen molar-refractivity contribution in [3.05, 3.63) is 58.6 Å². The predicted octanol–water partition coefficient (Wildman–Crippen LogP) is 4.59. The fraction of sp³-hybridized carbons (Fsp3) is 0.480. The Morgan fingerprint density at radius 2 is 1.77 bits per heavy atom. The number of rotatable bonds is 7. The lowest BCUT2D eigenvalue weighted by molar-refractivity contribution is 0.0935. The molecular formula is C25H32ClN3O2. The van der Waals surface area contributed by atoms with Crippen molar-refractivity contribution >= 4 is 23.2 Å². The molecule has 1 N–H and O–H groups in total. The number of piperidine rings is 1. The standard InChI is InChI=1S/C25H32ClN3O2/c1-31-24-16-21(6-9-23(24)26)25(30)27-17-19-10-14-28(15-11-19)18-20-4-7-22(8-5-20)29-12-2-3-13-29/h4-9,16,19H,2-3,10-15,17-18H2,1H3,(H,27,30). The second kappa shape index (κ2) is 10.4. The Hall–Kier alpha value is -2.24. The van der Waals surface area contributed by atoms with Gasteiger partial charge in [0.15, 0.2) is 0 Å². The maximum atomic E-state index is 12.5. The molecule has 5 nitrogen and oxygen atoms in total. The topological polar surface area (TPSA) is 44.8 Å². The number of amides is 1. The van der Waals surface area contributed by atoms with Crippen molar-refractivity contribution in [1.82, 2.24) is 10.2 Å². The number of halogens is 1. The first-order chi connectivity index (χ1) is 15.1. The van der Waals surface area contributed by atoms with Gasteiger partial charge in [0.2, 0.25) is 0 Å². The number of carbonyl (C=O) groups excluding carboxylic acids is 1. The highest BCUT2D eigenvalue weighted by molar-refractivity contribution is 6.32. The van der Waals surface area contributed by atoms with Gasteiger partial charge in [-0.3, -0.25) is 9.69 Å². The molecule has 0 unspecified atom stereocenters. The van der Waals surface area contributed by atoms with E-state index in [1.807, 2.05) is 0 Å². The molecule has 2 aliphatic heterocycles. The highest BCUT2D eigenvalue weighted by atomic mass is 35.5. The third-order valence-electron chi connectivity index (χ3n) is 6.49. The van der Waals surface area contributed by atoms with E-state index in [0.717, 1.165) is 32.5 Å². The van der Waals surface area contributed by atoms with E-state index < -0.39 is 0 Å². The van der Waals surface area contributed by atoms with Crippen LogP contribution >= 0.6 is 11.6 Å². The van der Waals surface area contributed by atoms with Gasteiger partial charge in [-0.2, -0.15) is 0 Å². The second-order valence-electron chi connectivity index (χ2n) is 8.64. The van der Waals surface area contributed by atoms with Gasteiger partial charge in [0.1, 0.15) is 5.75 Å². The Labute approximate surface area is 190 Å². The average molecular weight is 442 g/mol. The Morgan fingerprint density at radius 1 is 1.06 bits per heavy atom. The Balaban J connectivity index is 1.20. The lowest BCUT2D eigenvalue weighted by Crippen LogP contribution is -2.38. The van der Waals surface area contributed by atoms with Crippen molar-refractivity contribution in [2.24, 2.45) is 5.92 Å². The zero-order valence-electron chi connectivity index (χ0n) is 18.3. The summed E-state index contributed by atoms with van der Waals surface area (Å²) in [5.74, 6) is 0.971. The van der Waals surface area contributed by atoms with Crippen molar-refractivity contribution in [3.63, 3.8) is 0 Å². The van der Waals surface area contributed by atoms with Crippen LogP contribution < -0.4 is 15.0 Å². The molecule has 1 amide bonds. The summed E-state index contributed by atoms with van der Waals surface area (Å²) < 4.78 is 5.20. The number of carbonyl (C=O) groups is 1. The fourth-order valence-corrected chi connectivity index (χ4v) is 4.73. The fourth-order valence-electron chi connectivity index (χ4n) is 4.53. The zero-order chi connectivity index (χ0) is 21.6. The van der Waals surface area contributed by atoms with E-state index in [-0.39, 0.29) is 5.91 Å². The van der Waals surface area contributed by atoms with Crippen molar-refractivity contribution < 1.29 is 9.53 Å². The minimum absolute atomic E-state index is 0.0736. The predicted molar refractivity (Wildman–Crippen MR) is 126 cm³/mol. The molecular weight excluding hydrogens is 410 g/mol. The van der Waals surface area contributed by atoms with Gasteiger partial charge in [0, 0.05) is 37.4 Å². The van der Waals surface area contributed by atoms with Gasteiger partial charge in [-0.05, 0) is 80.6 Å². The van der Waals surface area contributed by atoms with E-state index in [2.05, 4.69) is 39.4 Å². The number of anilines is 1. The Morgan fingerprint density at radius 3 is 2.45 bits per heavy atom. The number of ether oxygens (including phenoxy) is 1. The van der Waals surface area contributed by atoms with E-state index in [0.29, 0.717) is 28.8 Å². The number of nitrogens with one attached hydrogen (secondary N) is 1. The van der Waals surface area contributed by atoms with Crippen molar-refractivity contribution in [1.29, 1.82) is 0 Å². The van der Waals surface area contributed by atoms with Gasteiger partial charge in [0.25, 0.3) is 5.91 Å². The van der Waals surface area contributed by atoms with E-state index in [9.17, 15) is 4.79 Å². The largest absolute Gasteiger partial charge is 0.495 e. The molecule has 0 aromatic heterocycles. The Kier molecular flexibility index (Phi) is 7.36. The van der Waals surface area contributed by atoms with E-state index in [4.69, 9.17) is 16.3 Å². The van der Waals surface area contributed by atoms with Crippen LogP contribution in [0.5, 0.6) is 5.75 Å². The molecule has 31 heavy (non-hydrogen) atoms. The van der Waals surface area contributed by atoms with Crippen LogP contribution in [-0.4, -0.2) is 50.6 Å². The van der Waals surface area contributed by atoms with Crippen LogP contribution in [0.3, 0.4) is 0 Å². The summed E-state index contributed by atoms with van der Waals surface area (Å²) in [4.78, 5) is 17.5. The lowest BCUT2D eigenvalue weighted by Gasteiger charge is -2.32. The lowest BCUT2D eigenvalue weighted by atomic mass is 9.96. The number of methoxy groups -OCH3 is 1. The third kappa shape index (κ3) is 5.72. The maximum Gasteiger partial charge on any atom is 0.251 e. The highest BCUT2D eigenvalue weighted by Crippen LogP contribution is 2.25. The molecule has 2 saturated heterocycles. The molecule has 0 atom stereocenters. The van der Waals surface area contributed by atoms with E-state index in [1.54, 1.807) is 25.3 Å². The average Bonchev–Trinajstić information content (AvgIpc) is 3.34. The molecule has 2 heterocycles. The third-order valence-corrected chi connectivity index (χ3v) is 6.80. The summed E-state index contributed by atoms with van der Waals surface area (Å²) in [6, 6.07) is 14.2. The highest BCUT2D eigenvalue weighted by Gasteiger charge is 2.20. The molecule has 2 aliphatic rings. The van der Waals surface area contributed by atoms with Crippen LogP contribution in [0, 0.1) is 5.92 Å².